The molecule has 5 heteroatoms. The van der Waals surface area contributed by atoms with E-state index in [2.05, 4.69) is 32.9 Å². The Morgan fingerprint density at radius 1 is 1.62 bits per heavy atom. The maximum atomic E-state index is 11.0. The second-order valence-corrected chi connectivity index (χ2v) is 3.50. The summed E-state index contributed by atoms with van der Waals surface area (Å²) in [5.74, 6) is -0.203. The maximum absolute atomic E-state index is 11.0. The molecule has 1 amide bonds. The number of nitrogens with one attached hydrogen (secondary N) is 1. The van der Waals surface area contributed by atoms with Crippen LogP contribution in [0.2, 0.25) is 0 Å². The number of anilines is 1. The molecule has 0 aliphatic rings. The first-order valence-electron chi connectivity index (χ1n) is 3.74. The summed E-state index contributed by atoms with van der Waals surface area (Å²) in [5, 5.41) is 11.1. The standard InChI is InChI=1S/C8H9IN2O2/c9-7-2-1-6(5-10-7)11-8(13)3-4-12/h1-2,5,12H,3-4H2,(H,11,13). The number of nitrogens with zero attached hydrogens (tertiary/aromatic N) is 1. The third-order valence-electron chi connectivity index (χ3n) is 1.35. The molecule has 0 bridgehead atoms. The van der Waals surface area contributed by atoms with Gasteiger partial charge in [0.15, 0.2) is 0 Å². The molecule has 70 valence electrons. The van der Waals surface area contributed by atoms with Crippen LogP contribution in [-0.2, 0) is 4.79 Å². The van der Waals surface area contributed by atoms with Crippen LogP contribution in [0, 0.1) is 3.70 Å². The van der Waals surface area contributed by atoms with Gasteiger partial charge in [-0.25, -0.2) is 4.98 Å². The number of aliphatic hydroxyl groups is 1. The number of carbonyl (C=O) groups is 1. The molecule has 1 heterocycles. The summed E-state index contributed by atoms with van der Waals surface area (Å²) in [6.45, 7) is -0.135. The highest BCUT2D eigenvalue weighted by Gasteiger charge is 2.00. The predicted octanol–water partition coefficient (Wildman–Crippen LogP) is 1.01. The van der Waals surface area contributed by atoms with Crippen molar-refractivity contribution < 1.29 is 9.90 Å². The van der Waals surface area contributed by atoms with Crippen molar-refractivity contribution in [3.05, 3.63) is 22.0 Å². The lowest BCUT2D eigenvalue weighted by Crippen LogP contribution is -2.12. The van der Waals surface area contributed by atoms with E-state index in [0.717, 1.165) is 3.70 Å². The third kappa shape index (κ3) is 3.69. The Labute approximate surface area is 89.5 Å². The molecule has 1 rings (SSSR count). The molecule has 0 aliphatic carbocycles. The average Bonchev–Trinajstić information content (AvgIpc) is 2.09. The van der Waals surface area contributed by atoms with Crippen LogP contribution in [0.1, 0.15) is 6.42 Å². The van der Waals surface area contributed by atoms with E-state index < -0.39 is 0 Å². The molecule has 0 saturated heterocycles. The molecule has 4 nitrogen and oxygen atoms in total. The Morgan fingerprint density at radius 2 is 2.38 bits per heavy atom. The van der Waals surface area contributed by atoms with Gasteiger partial charge in [0.2, 0.25) is 5.91 Å². The second-order valence-electron chi connectivity index (χ2n) is 2.39. The number of hydrogen-bond acceptors (Lipinski definition) is 3. The van der Waals surface area contributed by atoms with E-state index in [1.165, 1.54) is 0 Å². The van der Waals surface area contributed by atoms with Gasteiger partial charge in [-0.15, -0.1) is 0 Å². The lowest BCUT2D eigenvalue weighted by molar-refractivity contribution is -0.116. The number of rotatable bonds is 3. The minimum Gasteiger partial charge on any atom is -0.396 e. The lowest BCUT2D eigenvalue weighted by atomic mass is 10.4. The normalized spacial score (nSPS) is 9.69. The Kier molecular flexibility index (Phi) is 4.10. The van der Waals surface area contributed by atoms with Crippen LogP contribution in [0.3, 0.4) is 0 Å². The number of carbonyl (C=O) groups excluding carboxylic acids is 1. The fourth-order valence-electron chi connectivity index (χ4n) is 0.775. The summed E-state index contributed by atoms with van der Waals surface area (Å²) in [4.78, 5) is 15.0. The summed E-state index contributed by atoms with van der Waals surface area (Å²) < 4.78 is 0.873. The van der Waals surface area contributed by atoms with Crippen molar-refractivity contribution in [1.29, 1.82) is 0 Å². The van der Waals surface area contributed by atoms with Crippen molar-refractivity contribution >= 4 is 34.2 Å². The number of halogens is 1. The SMILES string of the molecule is O=C(CCO)Nc1ccc(I)nc1. The molecule has 0 aliphatic heterocycles. The van der Waals surface area contributed by atoms with E-state index in [4.69, 9.17) is 5.11 Å². The molecular formula is C8H9IN2O2. The zero-order valence-corrected chi connectivity index (χ0v) is 8.98. The lowest BCUT2D eigenvalue weighted by Gasteiger charge is -2.02. The molecule has 0 aromatic carbocycles. The fraction of sp³-hybridized carbons (Fsp3) is 0.250. The van der Waals surface area contributed by atoms with Crippen LogP contribution in [0.4, 0.5) is 5.69 Å². The number of aromatic nitrogens is 1. The van der Waals surface area contributed by atoms with Gasteiger partial charge >= 0.3 is 0 Å². The smallest absolute Gasteiger partial charge is 0.226 e. The van der Waals surface area contributed by atoms with Crippen LogP contribution in [-0.4, -0.2) is 22.6 Å². The first-order valence-corrected chi connectivity index (χ1v) is 4.82. The number of hydrogen-bond donors (Lipinski definition) is 2. The average molecular weight is 292 g/mol. The first kappa shape index (κ1) is 10.4. The molecule has 0 atom stereocenters. The highest BCUT2D eigenvalue weighted by molar-refractivity contribution is 14.1. The van der Waals surface area contributed by atoms with E-state index in [1.807, 2.05) is 0 Å². The van der Waals surface area contributed by atoms with Crippen LogP contribution in [0.5, 0.6) is 0 Å². The monoisotopic (exact) mass is 292 g/mol. The molecule has 0 spiro atoms. The Morgan fingerprint density at radius 3 is 2.92 bits per heavy atom. The van der Waals surface area contributed by atoms with Gasteiger partial charge in [0, 0.05) is 0 Å². The summed E-state index contributed by atoms with van der Waals surface area (Å²) in [6.07, 6.45) is 1.70. The van der Waals surface area contributed by atoms with Gasteiger partial charge in [0.1, 0.15) is 3.70 Å². The van der Waals surface area contributed by atoms with Gasteiger partial charge in [-0.1, -0.05) is 0 Å². The quantitative estimate of drug-likeness (QED) is 0.645. The fourth-order valence-corrected chi connectivity index (χ4v) is 1.09. The summed E-state index contributed by atoms with van der Waals surface area (Å²) >= 11 is 2.08. The van der Waals surface area contributed by atoms with Gasteiger partial charge in [-0.2, -0.15) is 0 Å². The largest absolute Gasteiger partial charge is 0.396 e. The van der Waals surface area contributed by atoms with Gasteiger partial charge in [0.25, 0.3) is 0 Å². The molecule has 0 radical (unpaired) electrons. The Hall–Kier alpha value is -0.690. The van der Waals surface area contributed by atoms with E-state index in [9.17, 15) is 4.79 Å². The van der Waals surface area contributed by atoms with Gasteiger partial charge < -0.3 is 10.4 Å². The number of amides is 1. The molecule has 0 saturated carbocycles. The zero-order valence-electron chi connectivity index (χ0n) is 6.83. The van der Waals surface area contributed by atoms with Gasteiger partial charge in [-0.3, -0.25) is 4.79 Å². The van der Waals surface area contributed by atoms with E-state index in [0.29, 0.717) is 5.69 Å². The summed E-state index contributed by atoms with van der Waals surface area (Å²) in [7, 11) is 0. The molecule has 0 unspecified atom stereocenters. The van der Waals surface area contributed by atoms with Crippen molar-refractivity contribution in [3.63, 3.8) is 0 Å². The molecule has 1 aromatic rings. The van der Waals surface area contributed by atoms with Crippen LogP contribution < -0.4 is 5.32 Å². The van der Waals surface area contributed by atoms with Crippen molar-refractivity contribution in [1.82, 2.24) is 4.98 Å². The van der Waals surface area contributed by atoms with E-state index in [-0.39, 0.29) is 18.9 Å². The highest BCUT2D eigenvalue weighted by atomic mass is 127. The van der Waals surface area contributed by atoms with Crippen molar-refractivity contribution in [3.8, 4) is 0 Å². The summed E-state index contributed by atoms with van der Waals surface area (Å²) in [6, 6.07) is 3.57. The molecule has 13 heavy (non-hydrogen) atoms. The van der Waals surface area contributed by atoms with E-state index in [1.54, 1.807) is 18.3 Å². The maximum Gasteiger partial charge on any atom is 0.226 e. The highest BCUT2D eigenvalue weighted by Crippen LogP contribution is 2.07. The minimum atomic E-state index is -0.203. The Balaban J connectivity index is 2.54. The number of aliphatic hydroxyl groups excluding tert-OH is 1. The predicted molar refractivity (Wildman–Crippen MR) is 57.3 cm³/mol. The van der Waals surface area contributed by atoms with Crippen LogP contribution >= 0.6 is 22.6 Å². The first-order chi connectivity index (χ1) is 6.22. The Bertz CT molecular complexity index is 287. The van der Waals surface area contributed by atoms with Crippen molar-refractivity contribution in [2.24, 2.45) is 0 Å². The van der Waals surface area contributed by atoms with Crippen molar-refractivity contribution in [2.75, 3.05) is 11.9 Å². The van der Waals surface area contributed by atoms with Gasteiger partial charge in [-0.05, 0) is 34.7 Å². The van der Waals surface area contributed by atoms with Crippen molar-refractivity contribution in [2.45, 2.75) is 6.42 Å². The zero-order chi connectivity index (χ0) is 9.68. The van der Waals surface area contributed by atoms with Gasteiger partial charge in [0.05, 0.1) is 24.9 Å². The van der Waals surface area contributed by atoms with Crippen LogP contribution in [0.15, 0.2) is 18.3 Å². The number of pyridine rings is 1. The molecule has 1 aromatic heterocycles. The van der Waals surface area contributed by atoms with Crippen LogP contribution in [0.25, 0.3) is 0 Å². The molecule has 0 fully saturated rings. The molecule has 2 N–H and O–H groups in total. The minimum absolute atomic E-state index is 0.117. The topological polar surface area (TPSA) is 62.2 Å². The third-order valence-corrected chi connectivity index (χ3v) is 1.99. The summed E-state index contributed by atoms with van der Waals surface area (Å²) in [5.41, 5.74) is 0.652. The second kappa shape index (κ2) is 5.13. The van der Waals surface area contributed by atoms with E-state index >= 15 is 0 Å². The molecular weight excluding hydrogens is 283 g/mol.